The number of nitriles is 1. The summed E-state index contributed by atoms with van der Waals surface area (Å²) in [6, 6.07) is 7.94. The molecule has 1 aromatic heterocycles. The summed E-state index contributed by atoms with van der Waals surface area (Å²) < 4.78 is 5.24. The van der Waals surface area contributed by atoms with Crippen LogP contribution in [0.15, 0.2) is 24.3 Å². The highest BCUT2D eigenvalue weighted by Gasteiger charge is 2.18. The molecule has 1 heterocycles. The molecule has 0 aliphatic rings. The van der Waals surface area contributed by atoms with Gasteiger partial charge >= 0.3 is 5.69 Å². The number of anilines is 1. The molecule has 2 aromatic rings. The monoisotopic (exact) mass is 345 g/mol. The molecule has 0 atom stereocenters. The molecule has 24 heavy (non-hydrogen) atoms. The summed E-state index contributed by atoms with van der Waals surface area (Å²) in [5.41, 5.74) is 1.17. The first kappa shape index (κ1) is 17.4. The lowest BCUT2D eigenvalue weighted by Gasteiger charge is -2.07. The Morgan fingerprint density at radius 1 is 1.46 bits per heavy atom. The number of hydrogen-bond acceptors (Lipinski definition) is 6. The normalized spacial score (nSPS) is 10.0. The number of thiophene rings is 1. The molecule has 0 spiro atoms. The van der Waals surface area contributed by atoms with Gasteiger partial charge in [0, 0.05) is 10.9 Å². The fraction of sp³-hybridized carbons (Fsp3) is 0.250. The molecule has 0 saturated heterocycles. The molecule has 0 radical (unpaired) electrons. The Kier molecular flexibility index (Phi) is 5.50. The van der Waals surface area contributed by atoms with Gasteiger partial charge in [0.1, 0.15) is 11.1 Å². The lowest BCUT2D eigenvalue weighted by atomic mass is 10.1. The molecular formula is C16H15N3O4S. The molecule has 0 aliphatic heterocycles. The second-order valence-corrected chi connectivity index (χ2v) is 6.09. The fourth-order valence-corrected chi connectivity index (χ4v) is 3.36. The van der Waals surface area contributed by atoms with E-state index in [9.17, 15) is 20.2 Å². The van der Waals surface area contributed by atoms with E-state index in [0.29, 0.717) is 17.0 Å². The first-order chi connectivity index (χ1) is 11.5. The van der Waals surface area contributed by atoms with E-state index in [-0.39, 0.29) is 18.0 Å². The van der Waals surface area contributed by atoms with Crippen molar-refractivity contribution >= 4 is 27.9 Å². The van der Waals surface area contributed by atoms with Crippen LogP contribution in [0, 0.1) is 28.4 Å². The van der Waals surface area contributed by atoms with Gasteiger partial charge in [0.15, 0.2) is 12.4 Å². The lowest BCUT2D eigenvalue weighted by Crippen LogP contribution is -2.20. The number of carbonyl (C=O) groups excluding carboxylic acids is 1. The number of hydrogen-bond donors (Lipinski definition) is 1. The zero-order valence-corrected chi connectivity index (χ0v) is 14.0. The Morgan fingerprint density at radius 3 is 2.79 bits per heavy atom. The van der Waals surface area contributed by atoms with Crippen molar-refractivity contribution in [2.24, 2.45) is 0 Å². The van der Waals surface area contributed by atoms with E-state index in [1.54, 1.807) is 6.07 Å². The molecular weight excluding hydrogens is 330 g/mol. The van der Waals surface area contributed by atoms with Crippen LogP contribution in [0.1, 0.15) is 22.9 Å². The topological polar surface area (TPSA) is 105 Å². The largest absolute Gasteiger partial charge is 0.477 e. The molecule has 7 nitrogen and oxygen atoms in total. The van der Waals surface area contributed by atoms with E-state index < -0.39 is 10.8 Å². The van der Waals surface area contributed by atoms with E-state index in [4.69, 9.17) is 4.74 Å². The summed E-state index contributed by atoms with van der Waals surface area (Å²) in [7, 11) is 0. The summed E-state index contributed by atoms with van der Waals surface area (Å²) >= 11 is 1.33. The van der Waals surface area contributed by atoms with Crippen LogP contribution in [0.5, 0.6) is 5.75 Å². The third-order valence-electron chi connectivity index (χ3n) is 3.35. The zero-order chi connectivity index (χ0) is 17.7. The number of amides is 1. The van der Waals surface area contributed by atoms with Crippen molar-refractivity contribution < 1.29 is 14.5 Å². The smallest absolute Gasteiger partial charge is 0.310 e. The highest BCUT2D eigenvalue weighted by Crippen LogP contribution is 2.32. The molecule has 1 amide bonds. The Hall–Kier alpha value is -2.92. The zero-order valence-electron chi connectivity index (χ0n) is 13.2. The predicted octanol–water partition coefficient (Wildman–Crippen LogP) is 3.42. The molecule has 2 rings (SSSR count). The predicted molar refractivity (Wildman–Crippen MR) is 90.4 cm³/mol. The van der Waals surface area contributed by atoms with Crippen molar-refractivity contribution in [1.29, 1.82) is 5.26 Å². The van der Waals surface area contributed by atoms with Gasteiger partial charge in [-0.15, -0.1) is 11.3 Å². The standard InChI is InChI=1S/C16H15N3O4S/c1-3-11-10(2)24-16(12(11)8-17)18-15(20)9-23-14-7-5-4-6-13(14)19(21)22/h4-7H,3,9H2,1-2H3,(H,18,20). The number of nitro benzene ring substituents is 1. The number of carbonyl (C=O) groups is 1. The second kappa shape index (κ2) is 7.57. The summed E-state index contributed by atoms with van der Waals surface area (Å²) in [6.45, 7) is 3.46. The Morgan fingerprint density at radius 2 is 2.17 bits per heavy atom. The third kappa shape index (κ3) is 3.70. The quantitative estimate of drug-likeness (QED) is 0.638. The fourth-order valence-electron chi connectivity index (χ4n) is 2.25. The van der Waals surface area contributed by atoms with E-state index >= 15 is 0 Å². The molecule has 1 N–H and O–H groups in total. The van der Waals surface area contributed by atoms with E-state index in [1.807, 2.05) is 13.8 Å². The molecule has 0 bridgehead atoms. The van der Waals surface area contributed by atoms with Gasteiger partial charge < -0.3 is 10.1 Å². The van der Waals surface area contributed by atoms with Crippen molar-refractivity contribution in [1.82, 2.24) is 0 Å². The highest BCUT2D eigenvalue weighted by atomic mass is 32.1. The number of nitrogens with one attached hydrogen (secondary N) is 1. The van der Waals surface area contributed by atoms with Crippen LogP contribution < -0.4 is 10.1 Å². The minimum Gasteiger partial charge on any atom is -0.477 e. The van der Waals surface area contributed by atoms with E-state index in [0.717, 1.165) is 10.4 Å². The lowest BCUT2D eigenvalue weighted by molar-refractivity contribution is -0.385. The van der Waals surface area contributed by atoms with Gasteiger partial charge in [-0.1, -0.05) is 19.1 Å². The van der Waals surface area contributed by atoms with Gasteiger partial charge in [0.05, 0.1) is 10.5 Å². The summed E-state index contributed by atoms with van der Waals surface area (Å²) in [6.07, 6.45) is 0.702. The van der Waals surface area contributed by atoms with Crippen molar-refractivity contribution in [2.75, 3.05) is 11.9 Å². The van der Waals surface area contributed by atoms with Crippen molar-refractivity contribution in [2.45, 2.75) is 20.3 Å². The number of benzene rings is 1. The Bertz CT molecular complexity index is 823. The number of rotatable bonds is 6. The maximum atomic E-state index is 12.0. The summed E-state index contributed by atoms with van der Waals surface area (Å²) in [5, 5.41) is 23.3. The average molecular weight is 345 g/mol. The highest BCUT2D eigenvalue weighted by molar-refractivity contribution is 7.16. The number of nitrogens with zero attached hydrogens (tertiary/aromatic N) is 2. The molecule has 8 heteroatoms. The minimum absolute atomic E-state index is 0.0229. The maximum absolute atomic E-state index is 12.0. The molecule has 0 unspecified atom stereocenters. The van der Waals surface area contributed by atoms with Gasteiger partial charge in [0.25, 0.3) is 5.91 Å². The summed E-state index contributed by atoms with van der Waals surface area (Å²) in [5.74, 6) is -0.455. The number of aryl methyl sites for hydroxylation is 1. The first-order valence-corrected chi connectivity index (χ1v) is 7.98. The van der Waals surface area contributed by atoms with Gasteiger partial charge in [-0.25, -0.2) is 0 Å². The van der Waals surface area contributed by atoms with Crippen molar-refractivity contribution in [3.05, 3.63) is 50.4 Å². The molecule has 0 fully saturated rings. The van der Waals surface area contributed by atoms with Gasteiger partial charge in [-0.2, -0.15) is 5.26 Å². The molecule has 0 saturated carbocycles. The third-order valence-corrected chi connectivity index (χ3v) is 4.41. The molecule has 1 aromatic carbocycles. The van der Waals surface area contributed by atoms with E-state index in [2.05, 4.69) is 11.4 Å². The van der Waals surface area contributed by atoms with E-state index in [1.165, 1.54) is 29.5 Å². The van der Waals surface area contributed by atoms with Crippen LogP contribution in [0.4, 0.5) is 10.7 Å². The van der Waals surface area contributed by atoms with Gasteiger partial charge in [-0.3, -0.25) is 14.9 Å². The van der Waals surface area contributed by atoms with Crippen molar-refractivity contribution in [3.8, 4) is 11.8 Å². The second-order valence-electron chi connectivity index (χ2n) is 4.87. The number of nitro groups is 1. The SMILES string of the molecule is CCc1c(C)sc(NC(=O)COc2ccccc2[N+](=O)[O-])c1C#N. The van der Waals surface area contributed by atoms with Crippen LogP contribution in [0.3, 0.4) is 0 Å². The van der Waals surface area contributed by atoms with Crippen LogP contribution in [-0.2, 0) is 11.2 Å². The number of para-hydroxylation sites is 2. The van der Waals surface area contributed by atoms with Crippen LogP contribution in [0.25, 0.3) is 0 Å². The van der Waals surface area contributed by atoms with Crippen LogP contribution in [0.2, 0.25) is 0 Å². The summed E-state index contributed by atoms with van der Waals surface area (Å²) in [4.78, 5) is 23.3. The van der Waals surface area contributed by atoms with Crippen molar-refractivity contribution in [3.63, 3.8) is 0 Å². The Labute approximate surface area is 142 Å². The Balaban J connectivity index is 2.08. The molecule has 124 valence electrons. The molecule has 0 aliphatic carbocycles. The van der Waals surface area contributed by atoms with Crippen LogP contribution in [-0.4, -0.2) is 17.4 Å². The van der Waals surface area contributed by atoms with Gasteiger partial charge in [-0.05, 0) is 25.0 Å². The van der Waals surface area contributed by atoms with Gasteiger partial charge in [0.2, 0.25) is 0 Å². The first-order valence-electron chi connectivity index (χ1n) is 7.16. The maximum Gasteiger partial charge on any atom is 0.310 e. The average Bonchev–Trinajstić information content (AvgIpc) is 2.87. The minimum atomic E-state index is -0.572. The number of ether oxygens (including phenoxy) is 1. The van der Waals surface area contributed by atoms with Crippen LogP contribution >= 0.6 is 11.3 Å².